The molecule has 0 radical (unpaired) electrons. The molecule has 1 aliphatic heterocycles. The predicted octanol–water partition coefficient (Wildman–Crippen LogP) is 1.42. The summed E-state index contributed by atoms with van der Waals surface area (Å²) < 4.78 is 0. The van der Waals surface area contributed by atoms with Crippen LogP contribution in [0.5, 0.6) is 0 Å². The van der Waals surface area contributed by atoms with Crippen molar-refractivity contribution in [2.75, 3.05) is 19.6 Å². The number of likely N-dealkylation sites (tertiary alicyclic amines) is 1. The molecule has 1 unspecified atom stereocenters. The summed E-state index contributed by atoms with van der Waals surface area (Å²) in [5, 5.41) is 16.9. The van der Waals surface area contributed by atoms with E-state index in [1.54, 1.807) is 6.20 Å². The summed E-state index contributed by atoms with van der Waals surface area (Å²) in [4.78, 5) is 38.8. The molecule has 0 aliphatic carbocycles. The number of hydrogen-bond acceptors (Lipinski definition) is 4. The molecule has 1 aliphatic rings. The number of amides is 2. The van der Waals surface area contributed by atoms with Gasteiger partial charge in [0.25, 0.3) is 0 Å². The van der Waals surface area contributed by atoms with Gasteiger partial charge in [0.05, 0.1) is 18.1 Å². The Hall–Kier alpha value is -2.90. The number of carboxylic acids is 1. The van der Waals surface area contributed by atoms with Gasteiger partial charge < -0.3 is 14.9 Å². The van der Waals surface area contributed by atoms with Gasteiger partial charge in [0.1, 0.15) is 6.54 Å². The van der Waals surface area contributed by atoms with Crippen LogP contribution in [0.15, 0.2) is 24.4 Å². The molecule has 8 heteroatoms. The van der Waals surface area contributed by atoms with Gasteiger partial charge in [0, 0.05) is 31.4 Å². The van der Waals surface area contributed by atoms with Crippen molar-refractivity contribution in [1.29, 1.82) is 0 Å². The first-order valence-electron chi connectivity index (χ1n) is 9.13. The van der Waals surface area contributed by atoms with Crippen molar-refractivity contribution >= 4 is 28.7 Å². The summed E-state index contributed by atoms with van der Waals surface area (Å²) in [6.07, 6.45) is 4.10. The Morgan fingerprint density at radius 1 is 1.30 bits per heavy atom. The Kier molecular flexibility index (Phi) is 5.73. The van der Waals surface area contributed by atoms with Crippen molar-refractivity contribution in [2.24, 2.45) is 0 Å². The van der Waals surface area contributed by atoms with Gasteiger partial charge in [-0.1, -0.05) is 12.1 Å². The molecule has 1 fully saturated rings. The van der Waals surface area contributed by atoms with E-state index in [2.05, 4.69) is 10.2 Å². The second kappa shape index (κ2) is 8.20. The van der Waals surface area contributed by atoms with Crippen LogP contribution in [0.2, 0.25) is 0 Å². The standard InChI is InChI=1S/C19H24N4O4/c1-13(24)23(12-19(26)27)16-3-2-7-22(8-6-16)18(25)10-14-4-5-15-11-20-21-17(15)9-14/h4-5,9,11,16H,2-3,6-8,10,12H2,1H3,(H,20,21)(H,26,27). The number of nitrogens with one attached hydrogen (secondary N) is 1. The van der Waals surface area contributed by atoms with Crippen molar-refractivity contribution in [3.05, 3.63) is 30.0 Å². The lowest BCUT2D eigenvalue weighted by atomic mass is 10.1. The smallest absolute Gasteiger partial charge is 0.323 e. The fourth-order valence-electron chi connectivity index (χ4n) is 3.66. The van der Waals surface area contributed by atoms with E-state index >= 15 is 0 Å². The first kappa shape index (κ1) is 18.9. The number of aromatic nitrogens is 2. The van der Waals surface area contributed by atoms with E-state index in [1.807, 2.05) is 23.1 Å². The van der Waals surface area contributed by atoms with Gasteiger partial charge in [-0.2, -0.15) is 5.10 Å². The third kappa shape index (κ3) is 4.64. The van der Waals surface area contributed by atoms with Crippen LogP contribution in [0.4, 0.5) is 0 Å². The van der Waals surface area contributed by atoms with Crippen LogP contribution in [0, 0.1) is 0 Å². The van der Waals surface area contributed by atoms with Gasteiger partial charge >= 0.3 is 5.97 Å². The fourth-order valence-corrected chi connectivity index (χ4v) is 3.66. The van der Waals surface area contributed by atoms with Crippen molar-refractivity contribution < 1.29 is 19.5 Å². The molecule has 27 heavy (non-hydrogen) atoms. The van der Waals surface area contributed by atoms with Crippen LogP contribution in [-0.4, -0.2) is 68.6 Å². The minimum Gasteiger partial charge on any atom is -0.480 e. The van der Waals surface area contributed by atoms with Gasteiger partial charge in [-0.05, 0) is 30.9 Å². The second-order valence-electron chi connectivity index (χ2n) is 6.97. The van der Waals surface area contributed by atoms with Crippen molar-refractivity contribution in [2.45, 2.75) is 38.6 Å². The van der Waals surface area contributed by atoms with E-state index in [0.717, 1.165) is 22.9 Å². The summed E-state index contributed by atoms with van der Waals surface area (Å²) in [5.41, 5.74) is 1.83. The van der Waals surface area contributed by atoms with Crippen molar-refractivity contribution in [3.8, 4) is 0 Å². The third-order valence-electron chi connectivity index (χ3n) is 5.06. The lowest BCUT2D eigenvalue weighted by Crippen LogP contribution is -2.43. The molecule has 8 nitrogen and oxygen atoms in total. The lowest BCUT2D eigenvalue weighted by Gasteiger charge is -2.28. The number of fused-ring (bicyclic) bond motifs is 1. The number of aliphatic carboxylic acids is 1. The number of hydrogen-bond donors (Lipinski definition) is 2. The zero-order valence-corrected chi connectivity index (χ0v) is 15.4. The first-order chi connectivity index (χ1) is 12.9. The molecule has 144 valence electrons. The Bertz CT molecular complexity index is 847. The fraction of sp³-hybridized carbons (Fsp3) is 0.474. The molecule has 1 atom stereocenters. The SMILES string of the molecule is CC(=O)N(CC(=O)O)C1CCCN(C(=O)Cc2ccc3cn[nH]c3c2)CC1. The third-order valence-corrected chi connectivity index (χ3v) is 5.06. The molecule has 1 aromatic heterocycles. The van der Waals surface area contributed by atoms with Crippen molar-refractivity contribution in [1.82, 2.24) is 20.0 Å². The molecule has 1 aromatic carbocycles. The number of nitrogens with zero attached hydrogens (tertiary/aromatic N) is 3. The van der Waals surface area contributed by atoms with Crippen molar-refractivity contribution in [3.63, 3.8) is 0 Å². The molecule has 2 heterocycles. The Morgan fingerprint density at radius 2 is 2.11 bits per heavy atom. The van der Waals surface area contributed by atoms with E-state index in [-0.39, 0.29) is 24.4 Å². The number of rotatable bonds is 5. The number of carbonyl (C=O) groups is 3. The average Bonchev–Trinajstić information content (AvgIpc) is 2.94. The van der Waals surface area contributed by atoms with Crippen LogP contribution < -0.4 is 0 Å². The molecule has 3 rings (SSSR count). The summed E-state index contributed by atoms with van der Waals surface area (Å²) in [5.74, 6) is -1.21. The maximum atomic E-state index is 12.7. The number of benzene rings is 1. The molecular formula is C19H24N4O4. The average molecular weight is 372 g/mol. The van der Waals surface area contributed by atoms with Crippen LogP contribution in [0.3, 0.4) is 0 Å². The molecule has 2 aromatic rings. The minimum absolute atomic E-state index is 0.0436. The molecule has 0 spiro atoms. The summed E-state index contributed by atoms with van der Waals surface area (Å²) in [6.45, 7) is 2.25. The van der Waals surface area contributed by atoms with Gasteiger partial charge in [0.15, 0.2) is 0 Å². The summed E-state index contributed by atoms with van der Waals surface area (Å²) in [6, 6.07) is 5.67. The van der Waals surface area contributed by atoms with Crippen LogP contribution >= 0.6 is 0 Å². The molecule has 1 saturated heterocycles. The maximum Gasteiger partial charge on any atom is 0.323 e. The Balaban J connectivity index is 1.61. The highest BCUT2D eigenvalue weighted by atomic mass is 16.4. The summed E-state index contributed by atoms with van der Waals surface area (Å²) in [7, 11) is 0. The molecular weight excluding hydrogens is 348 g/mol. The van der Waals surface area contributed by atoms with Gasteiger partial charge in [-0.15, -0.1) is 0 Å². The highest BCUT2D eigenvalue weighted by Gasteiger charge is 2.27. The van der Waals surface area contributed by atoms with Gasteiger partial charge in [-0.25, -0.2) is 0 Å². The van der Waals surface area contributed by atoms with Gasteiger partial charge in [0.2, 0.25) is 11.8 Å². The topological polar surface area (TPSA) is 107 Å². The van der Waals surface area contributed by atoms with E-state index in [0.29, 0.717) is 32.4 Å². The number of aromatic amines is 1. The minimum atomic E-state index is -1.02. The quantitative estimate of drug-likeness (QED) is 0.825. The highest BCUT2D eigenvalue weighted by Crippen LogP contribution is 2.19. The maximum absolute atomic E-state index is 12.7. The first-order valence-corrected chi connectivity index (χ1v) is 9.13. The van der Waals surface area contributed by atoms with E-state index < -0.39 is 5.97 Å². The highest BCUT2D eigenvalue weighted by molar-refractivity contribution is 5.83. The largest absolute Gasteiger partial charge is 0.480 e. The summed E-state index contributed by atoms with van der Waals surface area (Å²) >= 11 is 0. The van der Waals surface area contributed by atoms with Crippen LogP contribution in [-0.2, 0) is 20.8 Å². The van der Waals surface area contributed by atoms with E-state index in [1.165, 1.54) is 11.8 Å². The molecule has 0 bridgehead atoms. The number of H-pyrrole nitrogens is 1. The Morgan fingerprint density at radius 3 is 2.85 bits per heavy atom. The molecule has 2 amide bonds. The van der Waals surface area contributed by atoms with Gasteiger partial charge in [-0.3, -0.25) is 19.5 Å². The monoisotopic (exact) mass is 372 g/mol. The molecule has 0 saturated carbocycles. The molecule has 2 N–H and O–H groups in total. The predicted molar refractivity (Wildman–Crippen MR) is 99.0 cm³/mol. The van der Waals surface area contributed by atoms with E-state index in [9.17, 15) is 14.4 Å². The number of carboxylic acid groups (broad SMARTS) is 1. The van der Waals surface area contributed by atoms with E-state index in [4.69, 9.17) is 5.11 Å². The normalized spacial score (nSPS) is 17.5. The lowest BCUT2D eigenvalue weighted by molar-refractivity contribution is -0.145. The Labute approximate surface area is 157 Å². The zero-order valence-electron chi connectivity index (χ0n) is 15.4. The second-order valence-corrected chi connectivity index (χ2v) is 6.97. The number of carbonyl (C=O) groups excluding carboxylic acids is 2. The zero-order chi connectivity index (χ0) is 19.4. The van der Waals surface area contributed by atoms with Crippen LogP contribution in [0.25, 0.3) is 10.9 Å². The van der Waals surface area contributed by atoms with Crippen LogP contribution in [0.1, 0.15) is 31.7 Å².